The number of aryl methyl sites for hydroxylation is 1. The van der Waals surface area contributed by atoms with Crippen LogP contribution in [0.2, 0.25) is 0 Å². The SMILES string of the molecule is Cc1nc2cc(F)cc(F)c2n1-c1nc(N)c(F)c(Nc2ccc(C(F)(F)F)cc2)n1. The number of imidazole rings is 1. The number of rotatable bonds is 3. The minimum atomic E-state index is -4.53. The van der Waals surface area contributed by atoms with Crippen LogP contribution >= 0.6 is 0 Å². The van der Waals surface area contributed by atoms with E-state index in [0.29, 0.717) is 6.07 Å². The van der Waals surface area contributed by atoms with Crippen molar-refractivity contribution in [3.8, 4) is 5.95 Å². The maximum absolute atomic E-state index is 14.5. The minimum absolute atomic E-state index is 0.0151. The summed E-state index contributed by atoms with van der Waals surface area (Å²) >= 11 is 0. The molecule has 6 nitrogen and oxygen atoms in total. The standard InChI is InChI=1S/C19H12F6N6/c1-8-27-13-7-10(20)6-12(21)15(13)31(8)18-29-16(26)14(22)17(30-18)28-11-4-2-9(3-5-11)19(23,24)25/h2-7H,1H3,(H3,26,28,29,30). The Labute approximate surface area is 170 Å². The number of hydrogen-bond donors (Lipinski definition) is 2. The minimum Gasteiger partial charge on any atom is -0.381 e. The van der Waals surface area contributed by atoms with Gasteiger partial charge in [0.2, 0.25) is 11.8 Å². The van der Waals surface area contributed by atoms with Gasteiger partial charge in [-0.2, -0.15) is 27.5 Å². The Bertz CT molecular complexity index is 1300. The number of benzene rings is 2. The monoisotopic (exact) mass is 438 g/mol. The fourth-order valence-electron chi connectivity index (χ4n) is 3.00. The number of nitrogen functional groups attached to an aromatic ring is 1. The lowest BCUT2D eigenvalue weighted by Crippen LogP contribution is -2.11. The summed E-state index contributed by atoms with van der Waals surface area (Å²) in [6.07, 6.45) is -4.53. The van der Waals surface area contributed by atoms with Gasteiger partial charge < -0.3 is 11.1 Å². The van der Waals surface area contributed by atoms with Crippen molar-refractivity contribution in [3.63, 3.8) is 0 Å². The van der Waals surface area contributed by atoms with E-state index >= 15 is 0 Å². The summed E-state index contributed by atoms with van der Waals surface area (Å²) in [5, 5.41) is 2.52. The lowest BCUT2D eigenvalue weighted by atomic mass is 10.2. The zero-order valence-corrected chi connectivity index (χ0v) is 15.6. The molecule has 4 aromatic rings. The zero-order valence-electron chi connectivity index (χ0n) is 15.6. The Kier molecular flexibility index (Phi) is 4.71. The van der Waals surface area contributed by atoms with E-state index in [4.69, 9.17) is 5.73 Å². The van der Waals surface area contributed by atoms with Crippen molar-refractivity contribution in [2.75, 3.05) is 11.1 Å². The average Bonchev–Trinajstić information content (AvgIpc) is 3.01. The first-order valence-electron chi connectivity index (χ1n) is 8.66. The number of aromatic nitrogens is 4. The molecule has 0 fully saturated rings. The highest BCUT2D eigenvalue weighted by Crippen LogP contribution is 2.31. The number of nitrogens with two attached hydrogens (primary N) is 1. The summed E-state index contributed by atoms with van der Waals surface area (Å²) in [4.78, 5) is 11.8. The molecular formula is C19H12F6N6. The molecule has 0 atom stereocenters. The first kappa shape index (κ1) is 20.4. The summed E-state index contributed by atoms with van der Waals surface area (Å²) in [7, 11) is 0. The van der Waals surface area contributed by atoms with Crippen molar-refractivity contribution in [1.82, 2.24) is 19.5 Å². The number of nitrogens with zero attached hydrogens (tertiary/aromatic N) is 4. The molecule has 0 spiro atoms. The summed E-state index contributed by atoms with van der Waals surface area (Å²) in [6, 6.07) is 5.44. The van der Waals surface area contributed by atoms with E-state index in [9.17, 15) is 26.3 Å². The summed E-state index contributed by atoms with van der Waals surface area (Å²) in [5.41, 5.74) is 4.66. The van der Waals surface area contributed by atoms with E-state index < -0.39 is 40.8 Å². The second kappa shape index (κ2) is 7.15. The first-order chi connectivity index (χ1) is 14.5. The zero-order chi connectivity index (χ0) is 22.5. The van der Waals surface area contributed by atoms with Crippen molar-refractivity contribution in [1.29, 1.82) is 0 Å². The molecular weight excluding hydrogens is 426 g/mol. The Hall–Kier alpha value is -3.83. The summed E-state index contributed by atoms with van der Waals surface area (Å²) in [5.74, 6) is -3.98. The van der Waals surface area contributed by atoms with Crippen LogP contribution in [0.15, 0.2) is 36.4 Å². The third kappa shape index (κ3) is 3.71. The average molecular weight is 438 g/mol. The normalized spacial score (nSPS) is 11.8. The molecule has 2 aromatic heterocycles. The molecule has 31 heavy (non-hydrogen) atoms. The molecule has 0 bridgehead atoms. The van der Waals surface area contributed by atoms with E-state index in [1.54, 1.807) is 0 Å². The highest BCUT2D eigenvalue weighted by Gasteiger charge is 2.30. The first-order valence-corrected chi connectivity index (χ1v) is 8.66. The third-order valence-corrected chi connectivity index (χ3v) is 4.38. The fourth-order valence-corrected chi connectivity index (χ4v) is 3.00. The van der Waals surface area contributed by atoms with Crippen molar-refractivity contribution >= 4 is 28.4 Å². The van der Waals surface area contributed by atoms with Crippen molar-refractivity contribution in [3.05, 3.63) is 65.2 Å². The second-order valence-electron chi connectivity index (χ2n) is 6.52. The molecule has 0 saturated heterocycles. The van der Waals surface area contributed by atoms with Crippen LogP contribution < -0.4 is 11.1 Å². The van der Waals surface area contributed by atoms with Crippen molar-refractivity contribution in [2.24, 2.45) is 0 Å². The molecule has 2 aromatic carbocycles. The van der Waals surface area contributed by atoms with Gasteiger partial charge in [0, 0.05) is 17.8 Å². The molecule has 0 saturated carbocycles. The quantitative estimate of drug-likeness (QED) is 0.446. The maximum Gasteiger partial charge on any atom is 0.416 e. The predicted octanol–water partition coefficient (Wildman–Crippen LogP) is 4.89. The van der Waals surface area contributed by atoms with Gasteiger partial charge in [0.1, 0.15) is 17.2 Å². The lowest BCUT2D eigenvalue weighted by molar-refractivity contribution is -0.137. The van der Waals surface area contributed by atoms with Crippen LogP contribution in [0.5, 0.6) is 0 Å². The van der Waals surface area contributed by atoms with E-state index in [0.717, 1.165) is 34.9 Å². The van der Waals surface area contributed by atoms with E-state index in [-0.39, 0.29) is 28.5 Å². The van der Waals surface area contributed by atoms with Gasteiger partial charge in [-0.05, 0) is 31.2 Å². The molecule has 0 unspecified atom stereocenters. The van der Waals surface area contributed by atoms with Crippen LogP contribution in [0.1, 0.15) is 11.4 Å². The number of nitrogens with one attached hydrogen (secondary N) is 1. The third-order valence-electron chi connectivity index (χ3n) is 4.38. The van der Waals surface area contributed by atoms with Crippen LogP contribution in [0, 0.1) is 24.4 Å². The number of halogens is 6. The molecule has 12 heteroatoms. The van der Waals surface area contributed by atoms with Gasteiger partial charge in [-0.1, -0.05) is 0 Å². The number of fused-ring (bicyclic) bond motifs is 1. The number of alkyl halides is 3. The second-order valence-corrected chi connectivity index (χ2v) is 6.52. The van der Waals surface area contributed by atoms with E-state index in [1.165, 1.54) is 6.92 Å². The molecule has 0 radical (unpaired) electrons. The Morgan fingerprint density at radius 3 is 2.29 bits per heavy atom. The Morgan fingerprint density at radius 1 is 0.968 bits per heavy atom. The van der Waals surface area contributed by atoms with Crippen molar-refractivity contribution < 1.29 is 26.3 Å². The van der Waals surface area contributed by atoms with Gasteiger partial charge in [-0.25, -0.2) is 13.8 Å². The van der Waals surface area contributed by atoms with Crippen LogP contribution in [0.25, 0.3) is 17.0 Å². The summed E-state index contributed by atoms with van der Waals surface area (Å²) < 4.78 is 81.6. The molecule has 0 aliphatic rings. The molecule has 2 heterocycles. The molecule has 160 valence electrons. The van der Waals surface area contributed by atoms with Crippen LogP contribution in [0.4, 0.5) is 43.7 Å². The summed E-state index contributed by atoms with van der Waals surface area (Å²) in [6.45, 7) is 1.48. The van der Waals surface area contributed by atoms with Gasteiger partial charge in [-0.3, -0.25) is 4.57 Å². The van der Waals surface area contributed by atoms with Crippen LogP contribution in [-0.4, -0.2) is 19.5 Å². The Balaban J connectivity index is 1.80. The fraction of sp³-hybridized carbons (Fsp3) is 0.105. The highest BCUT2D eigenvalue weighted by atomic mass is 19.4. The van der Waals surface area contributed by atoms with Crippen LogP contribution in [-0.2, 0) is 6.18 Å². The van der Waals surface area contributed by atoms with E-state index in [1.807, 2.05) is 0 Å². The van der Waals surface area contributed by atoms with Gasteiger partial charge in [0.25, 0.3) is 0 Å². The number of anilines is 3. The van der Waals surface area contributed by atoms with Gasteiger partial charge in [-0.15, -0.1) is 0 Å². The highest BCUT2D eigenvalue weighted by molar-refractivity contribution is 5.78. The largest absolute Gasteiger partial charge is 0.416 e. The van der Waals surface area contributed by atoms with Crippen molar-refractivity contribution in [2.45, 2.75) is 13.1 Å². The van der Waals surface area contributed by atoms with Crippen LogP contribution in [0.3, 0.4) is 0 Å². The Morgan fingerprint density at radius 2 is 1.65 bits per heavy atom. The molecule has 0 amide bonds. The lowest BCUT2D eigenvalue weighted by Gasteiger charge is -2.13. The molecule has 0 aliphatic carbocycles. The van der Waals surface area contributed by atoms with Gasteiger partial charge in [0.15, 0.2) is 17.5 Å². The molecule has 4 rings (SSSR count). The number of hydrogen-bond acceptors (Lipinski definition) is 5. The topological polar surface area (TPSA) is 81.7 Å². The molecule has 0 aliphatic heterocycles. The molecule has 3 N–H and O–H groups in total. The van der Waals surface area contributed by atoms with E-state index in [2.05, 4.69) is 20.3 Å². The maximum atomic E-state index is 14.5. The van der Waals surface area contributed by atoms with Gasteiger partial charge in [0.05, 0.1) is 11.1 Å². The smallest absolute Gasteiger partial charge is 0.381 e. The predicted molar refractivity (Wildman–Crippen MR) is 100 cm³/mol. The van der Waals surface area contributed by atoms with Gasteiger partial charge >= 0.3 is 6.18 Å².